The van der Waals surface area contributed by atoms with Crippen LogP contribution in [0.2, 0.25) is 0 Å². The molecule has 186 valence electrons. The van der Waals surface area contributed by atoms with Crippen LogP contribution in [-0.2, 0) is 19.1 Å². The number of esters is 1. The SMILES string of the molecule is CC1C[C@H]2[C@@H]3CC(F)C4=CC(=O)C=C[C@]4(C)C3(F)C(O)C[C@]2(C)C1(OC(=O)C1CCC1)C(=O)S. The Morgan fingerprint density at radius 1 is 1.21 bits per heavy atom. The van der Waals surface area contributed by atoms with Crippen LogP contribution in [-0.4, -0.2) is 45.5 Å². The Kier molecular flexibility index (Phi) is 5.32. The van der Waals surface area contributed by atoms with E-state index in [0.717, 1.165) is 12.5 Å². The van der Waals surface area contributed by atoms with Gasteiger partial charge in [0.2, 0.25) is 5.12 Å². The maximum absolute atomic E-state index is 17.2. The first kappa shape index (κ1) is 24.2. The maximum atomic E-state index is 17.2. The van der Waals surface area contributed by atoms with Gasteiger partial charge in [-0.3, -0.25) is 14.4 Å². The van der Waals surface area contributed by atoms with Crippen molar-refractivity contribution in [3.8, 4) is 0 Å². The highest BCUT2D eigenvalue weighted by atomic mass is 32.1. The van der Waals surface area contributed by atoms with E-state index in [-0.39, 0.29) is 24.3 Å². The molecule has 0 saturated heterocycles. The van der Waals surface area contributed by atoms with E-state index in [1.54, 1.807) is 20.8 Å². The minimum atomic E-state index is -2.24. The van der Waals surface area contributed by atoms with E-state index in [2.05, 4.69) is 12.6 Å². The lowest BCUT2D eigenvalue weighted by Gasteiger charge is -2.63. The predicted molar refractivity (Wildman–Crippen MR) is 123 cm³/mol. The number of aliphatic hydroxyl groups excluding tert-OH is 1. The van der Waals surface area contributed by atoms with Crippen LogP contribution >= 0.6 is 12.6 Å². The monoisotopic (exact) mass is 494 g/mol. The number of allylic oxidation sites excluding steroid dienone is 4. The average molecular weight is 495 g/mol. The van der Waals surface area contributed by atoms with Crippen molar-refractivity contribution in [2.75, 3.05) is 0 Å². The Morgan fingerprint density at radius 3 is 2.47 bits per heavy atom. The number of rotatable bonds is 3. The average Bonchev–Trinajstić information content (AvgIpc) is 2.92. The summed E-state index contributed by atoms with van der Waals surface area (Å²) in [6.45, 7) is 5.09. The zero-order chi connectivity index (χ0) is 24.8. The molecule has 34 heavy (non-hydrogen) atoms. The third-order valence-electron chi connectivity index (χ3n) is 10.2. The molecule has 4 fully saturated rings. The number of alkyl halides is 2. The molecule has 4 saturated carbocycles. The molecule has 0 aromatic carbocycles. The van der Waals surface area contributed by atoms with Crippen LogP contribution in [0, 0.1) is 34.5 Å². The lowest BCUT2D eigenvalue weighted by Crippen LogP contribution is -2.70. The summed E-state index contributed by atoms with van der Waals surface area (Å²) >= 11 is 4.16. The Hall–Kier alpha value is -1.54. The summed E-state index contributed by atoms with van der Waals surface area (Å²) in [6, 6.07) is 0. The summed E-state index contributed by atoms with van der Waals surface area (Å²) in [7, 11) is 0. The van der Waals surface area contributed by atoms with Gasteiger partial charge in [-0.1, -0.05) is 26.3 Å². The zero-order valence-electron chi connectivity index (χ0n) is 19.7. The van der Waals surface area contributed by atoms with Crippen LogP contribution in [0.1, 0.15) is 59.3 Å². The molecule has 1 N–H and O–H groups in total. The number of carbonyl (C=O) groups is 3. The van der Waals surface area contributed by atoms with Gasteiger partial charge in [-0.25, -0.2) is 8.78 Å². The third-order valence-corrected chi connectivity index (χ3v) is 10.5. The topological polar surface area (TPSA) is 80.7 Å². The molecule has 9 atom stereocenters. The second-order valence-electron chi connectivity index (χ2n) is 11.6. The van der Waals surface area contributed by atoms with Crippen LogP contribution in [0.3, 0.4) is 0 Å². The molecule has 5 unspecified atom stereocenters. The summed E-state index contributed by atoms with van der Waals surface area (Å²) in [5, 5.41) is 10.8. The first-order valence-electron chi connectivity index (χ1n) is 12.3. The van der Waals surface area contributed by atoms with Crippen molar-refractivity contribution in [1.29, 1.82) is 0 Å². The fourth-order valence-electron chi connectivity index (χ4n) is 8.13. The van der Waals surface area contributed by atoms with Gasteiger partial charge in [-0.05, 0) is 62.7 Å². The first-order chi connectivity index (χ1) is 15.8. The summed E-state index contributed by atoms with van der Waals surface area (Å²) < 4.78 is 38.8. The summed E-state index contributed by atoms with van der Waals surface area (Å²) in [4.78, 5) is 38.0. The molecule has 8 heteroatoms. The quantitative estimate of drug-likeness (QED) is 0.456. The Labute approximate surface area is 203 Å². The van der Waals surface area contributed by atoms with Crippen LogP contribution in [0.15, 0.2) is 23.8 Å². The molecule has 0 amide bonds. The molecule has 5 rings (SSSR count). The highest BCUT2D eigenvalue weighted by molar-refractivity contribution is 7.96. The zero-order valence-corrected chi connectivity index (χ0v) is 20.6. The second kappa shape index (κ2) is 7.48. The van der Waals surface area contributed by atoms with Crippen molar-refractivity contribution in [2.45, 2.75) is 82.8 Å². The summed E-state index contributed by atoms with van der Waals surface area (Å²) in [5.74, 6) is -3.05. The van der Waals surface area contributed by atoms with Gasteiger partial charge >= 0.3 is 5.97 Å². The molecular weight excluding hydrogens is 462 g/mol. The summed E-state index contributed by atoms with van der Waals surface area (Å²) in [5.41, 5.74) is -6.42. The highest BCUT2D eigenvalue weighted by Crippen LogP contribution is 2.71. The van der Waals surface area contributed by atoms with Crippen molar-refractivity contribution in [3.63, 3.8) is 0 Å². The van der Waals surface area contributed by atoms with Gasteiger partial charge in [0.05, 0.1) is 12.0 Å². The molecule has 0 spiro atoms. The number of aliphatic hydroxyl groups is 1. The molecule has 5 nitrogen and oxygen atoms in total. The molecular formula is C26H32F2O5S. The van der Waals surface area contributed by atoms with Crippen molar-refractivity contribution in [3.05, 3.63) is 23.8 Å². The van der Waals surface area contributed by atoms with Crippen LogP contribution in [0.25, 0.3) is 0 Å². The number of hydrogen-bond donors (Lipinski definition) is 2. The number of carbonyl (C=O) groups excluding carboxylic acids is 3. The van der Waals surface area contributed by atoms with Crippen LogP contribution < -0.4 is 0 Å². The predicted octanol–water partition coefficient (Wildman–Crippen LogP) is 4.09. The summed E-state index contributed by atoms with van der Waals surface area (Å²) in [6.07, 6.45) is 2.98. The van der Waals surface area contributed by atoms with Gasteiger partial charge in [0.15, 0.2) is 17.1 Å². The largest absolute Gasteiger partial charge is 0.449 e. The molecule has 0 radical (unpaired) electrons. The lowest BCUT2D eigenvalue weighted by atomic mass is 9.44. The number of hydrogen-bond acceptors (Lipinski definition) is 5. The van der Waals surface area contributed by atoms with E-state index < -0.39 is 69.0 Å². The van der Waals surface area contributed by atoms with Crippen molar-refractivity contribution in [1.82, 2.24) is 0 Å². The number of halogens is 2. The molecule has 0 bridgehead atoms. The lowest BCUT2D eigenvalue weighted by molar-refractivity contribution is -0.230. The van der Waals surface area contributed by atoms with Crippen molar-refractivity contribution < 1.29 is 33.0 Å². The molecule has 5 aliphatic rings. The highest BCUT2D eigenvalue weighted by Gasteiger charge is 2.78. The third kappa shape index (κ3) is 2.73. The minimum absolute atomic E-state index is 0.0559. The van der Waals surface area contributed by atoms with Gasteiger partial charge in [0.1, 0.15) is 6.17 Å². The van der Waals surface area contributed by atoms with Gasteiger partial charge in [-0.2, -0.15) is 0 Å². The smallest absolute Gasteiger partial charge is 0.309 e. The Morgan fingerprint density at radius 2 is 1.88 bits per heavy atom. The molecule has 0 aromatic heterocycles. The van der Waals surface area contributed by atoms with Crippen molar-refractivity contribution >= 4 is 29.5 Å². The molecule has 0 heterocycles. The molecule has 5 aliphatic carbocycles. The van der Waals surface area contributed by atoms with Crippen LogP contribution in [0.4, 0.5) is 8.78 Å². The van der Waals surface area contributed by atoms with Gasteiger partial charge in [0, 0.05) is 22.7 Å². The number of ether oxygens (including phenoxy) is 1. The molecule has 0 aromatic rings. The minimum Gasteiger partial charge on any atom is -0.449 e. The number of ketones is 1. The number of fused-ring (bicyclic) bond motifs is 5. The van der Waals surface area contributed by atoms with E-state index in [1.807, 2.05) is 0 Å². The maximum Gasteiger partial charge on any atom is 0.309 e. The van der Waals surface area contributed by atoms with E-state index in [1.165, 1.54) is 12.2 Å². The fraction of sp³-hybridized carbons (Fsp3) is 0.731. The normalized spacial score (nSPS) is 49.9. The van der Waals surface area contributed by atoms with Crippen LogP contribution in [0.5, 0.6) is 0 Å². The van der Waals surface area contributed by atoms with E-state index in [9.17, 15) is 19.5 Å². The number of thiol groups is 1. The van der Waals surface area contributed by atoms with Gasteiger partial charge < -0.3 is 9.84 Å². The second-order valence-corrected chi connectivity index (χ2v) is 12.0. The van der Waals surface area contributed by atoms with E-state index >= 15 is 8.78 Å². The van der Waals surface area contributed by atoms with Gasteiger partial charge in [0.25, 0.3) is 0 Å². The first-order valence-corrected chi connectivity index (χ1v) is 12.7. The Bertz CT molecular complexity index is 1020. The van der Waals surface area contributed by atoms with Crippen molar-refractivity contribution in [2.24, 2.45) is 34.5 Å². The Balaban J connectivity index is 1.61. The molecule has 0 aliphatic heterocycles. The van der Waals surface area contributed by atoms with E-state index in [4.69, 9.17) is 4.74 Å². The standard InChI is InChI=1S/C26H32F2O5S/c1-13-9-16-17-11-19(27)18-10-15(29)7-8-23(18,2)25(17,28)20(30)12-24(16,3)26(13,22(32)34)33-21(31)14-5-4-6-14/h7-8,10,13-14,16-17,19-20,30H,4-6,9,11-12H2,1-3H3,(H,32,34)/t13?,16-,17-,19?,20?,23-,24-,25?,26?/m0/s1. The van der Waals surface area contributed by atoms with Gasteiger partial charge in [-0.15, -0.1) is 12.6 Å². The van der Waals surface area contributed by atoms with E-state index in [0.29, 0.717) is 19.3 Å². The fourth-order valence-corrected chi connectivity index (χ4v) is 8.65.